The van der Waals surface area contributed by atoms with Crippen molar-refractivity contribution in [2.45, 2.75) is 78.9 Å². The average Bonchev–Trinajstić information content (AvgIpc) is 3.22. The van der Waals surface area contributed by atoms with Crippen LogP contribution in [0, 0.1) is 11.8 Å². The first-order valence-electron chi connectivity index (χ1n) is 13.8. The van der Waals surface area contributed by atoms with E-state index >= 15 is 0 Å². The SMILES string of the molecule is CCOC(=O)C(C)=C[C@H](C(C)C)N(C)C(=O)[C@@H](NC(=O)[C@@H](NC)C(C)(C)c1cn(C)c2ccccc12)C(C)C. The number of benzene rings is 1. The summed E-state index contributed by atoms with van der Waals surface area (Å²) in [7, 11) is 5.50. The van der Waals surface area contributed by atoms with E-state index in [-0.39, 0.29) is 36.3 Å². The summed E-state index contributed by atoms with van der Waals surface area (Å²) in [5, 5.41) is 7.36. The van der Waals surface area contributed by atoms with Gasteiger partial charge in [-0.15, -0.1) is 0 Å². The van der Waals surface area contributed by atoms with Crippen molar-refractivity contribution < 1.29 is 19.1 Å². The number of amides is 2. The molecule has 0 aliphatic carbocycles. The monoisotopic (exact) mass is 540 g/mol. The van der Waals surface area contributed by atoms with Crippen molar-refractivity contribution in [3.05, 3.63) is 47.7 Å². The Hall–Kier alpha value is -3.13. The molecule has 216 valence electrons. The van der Waals surface area contributed by atoms with Crippen LogP contribution < -0.4 is 10.6 Å². The van der Waals surface area contributed by atoms with Crippen LogP contribution in [0.3, 0.4) is 0 Å². The van der Waals surface area contributed by atoms with Crippen molar-refractivity contribution in [3.63, 3.8) is 0 Å². The lowest BCUT2D eigenvalue weighted by molar-refractivity contribution is -0.140. The molecule has 0 fully saturated rings. The lowest BCUT2D eigenvalue weighted by Crippen LogP contribution is -2.59. The number of carbonyl (C=O) groups excluding carboxylic acids is 3. The van der Waals surface area contributed by atoms with Crippen LogP contribution in [-0.2, 0) is 31.6 Å². The maximum absolute atomic E-state index is 13.8. The highest BCUT2D eigenvalue weighted by Crippen LogP contribution is 2.34. The van der Waals surface area contributed by atoms with Crippen molar-refractivity contribution in [2.24, 2.45) is 18.9 Å². The Balaban J connectivity index is 2.35. The Labute approximate surface area is 234 Å². The lowest BCUT2D eigenvalue weighted by atomic mass is 9.77. The predicted molar refractivity (Wildman–Crippen MR) is 157 cm³/mol. The van der Waals surface area contributed by atoms with Crippen LogP contribution in [0.25, 0.3) is 10.9 Å². The van der Waals surface area contributed by atoms with E-state index in [1.807, 2.05) is 60.7 Å². The molecule has 1 heterocycles. The van der Waals surface area contributed by atoms with Crippen LogP contribution >= 0.6 is 0 Å². The average molecular weight is 541 g/mol. The van der Waals surface area contributed by atoms with Gasteiger partial charge in [0.2, 0.25) is 11.8 Å². The van der Waals surface area contributed by atoms with Gasteiger partial charge < -0.3 is 24.8 Å². The Morgan fingerprint density at radius 2 is 1.72 bits per heavy atom. The van der Waals surface area contributed by atoms with Gasteiger partial charge in [0, 0.05) is 42.2 Å². The van der Waals surface area contributed by atoms with Crippen molar-refractivity contribution in [1.82, 2.24) is 20.1 Å². The number of likely N-dealkylation sites (N-methyl/N-ethyl adjacent to an activating group) is 2. The number of nitrogens with zero attached hydrogens (tertiary/aromatic N) is 2. The van der Waals surface area contributed by atoms with Crippen molar-refractivity contribution in [2.75, 3.05) is 20.7 Å². The van der Waals surface area contributed by atoms with Gasteiger partial charge in [0.05, 0.1) is 18.7 Å². The number of aromatic nitrogens is 1. The highest BCUT2D eigenvalue weighted by atomic mass is 16.5. The van der Waals surface area contributed by atoms with Crippen molar-refractivity contribution in [3.8, 4) is 0 Å². The van der Waals surface area contributed by atoms with E-state index < -0.39 is 23.5 Å². The summed E-state index contributed by atoms with van der Waals surface area (Å²) in [6, 6.07) is 6.48. The number of aryl methyl sites for hydroxylation is 1. The largest absolute Gasteiger partial charge is 0.463 e. The van der Waals surface area contributed by atoms with Crippen molar-refractivity contribution >= 4 is 28.7 Å². The maximum atomic E-state index is 13.8. The molecule has 2 amide bonds. The molecule has 0 radical (unpaired) electrons. The number of fused-ring (bicyclic) bond motifs is 1. The van der Waals surface area contributed by atoms with Gasteiger partial charge in [-0.25, -0.2) is 4.79 Å². The number of rotatable bonds is 12. The fraction of sp³-hybridized carbons (Fsp3) is 0.581. The number of para-hydroxylation sites is 1. The van der Waals surface area contributed by atoms with E-state index in [2.05, 4.69) is 33.5 Å². The topological polar surface area (TPSA) is 92.7 Å². The molecule has 2 N–H and O–H groups in total. The third-order valence-corrected chi connectivity index (χ3v) is 7.59. The van der Waals surface area contributed by atoms with E-state index in [9.17, 15) is 14.4 Å². The number of nitrogens with one attached hydrogen (secondary N) is 2. The fourth-order valence-electron chi connectivity index (χ4n) is 5.27. The van der Waals surface area contributed by atoms with Crippen LogP contribution in [0.5, 0.6) is 0 Å². The van der Waals surface area contributed by atoms with E-state index in [0.717, 1.165) is 16.5 Å². The highest BCUT2D eigenvalue weighted by molar-refractivity contribution is 5.93. The molecule has 0 aliphatic rings. The van der Waals surface area contributed by atoms with Crippen LogP contribution in [0.2, 0.25) is 0 Å². The standard InChI is InChI=1S/C31H48N4O4/c1-12-39-30(38)21(6)17-25(19(2)3)35(11)29(37)26(20(4)5)33-28(36)27(32-9)31(7,8)23-18-34(10)24-16-14-13-15-22(23)24/h13-20,25-27,32H,12H2,1-11H3,(H,33,36)/t25-,26+,27-/m1/s1. The first-order valence-corrected chi connectivity index (χ1v) is 13.8. The zero-order chi connectivity index (χ0) is 29.7. The fourth-order valence-corrected chi connectivity index (χ4v) is 5.27. The summed E-state index contributed by atoms with van der Waals surface area (Å²) >= 11 is 0. The number of esters is 1. The smallest absolute Gasteiger partial charge is 0.333 e. The molecule has 39 heavy (non-hydrogen) atoms. The minimum atomic E-state index is -0.737. The summed E-state index contributed by atoms with van der Waals surface area (Å²) in [6.45, 7) is 15.7. The highest BCUT2D eigenvalue weighted by Gasteiger charge is 2.40. The molecule has 1 aromatic carbocycles. The summed E-state index contributed by atoms with van der Waals surface area (Å²) in [6.07, 6.45) is 3.85. The molecule has 2 aromatic rings. The molecule has 8 heteroatoms. The zero-order valence-electron chi connectivity index (χ0n) is 25.6. The van der Waals surface area contributed by atoms with Gasteiger partial charge in [-0.2, -0.15) is 0 Å². The number of ether oxygens (including phenoxy) is 1. The van der Waals surface area contributed by atoms with Gasteiger partial charge in [-0.1, -0.05) is 65.8 Å². The second kappa shape index (κ2) is 13.3. The number of hydrogen-bond acceptors (Lipinski definition) is 5. The second-order valence-electron chi connectivity index (χ2n) is 11.6. The van der Waals surface area contributed by atoms with Crippen LogP contribution in [0.15, 0.2) is 42.1 Å². The van der Waals surface area contributed by atoms with E-state index in [1.54, 1.807) is 38.9 Å². The molecular weight excluding hydrogens is 492 g/mol. The minimum absolute atomic E-state index is 0.0437. The number of carbonyl (C=O) groups is 3. The normalized spacial score (nSPS) is 14.8. The molecule has 3 atom stereocenters. The third kappa shape index (κ3) is 7.10. The Morgan fingerprint density at radius 1 is 1.10 bits per heavy atom. The van der Waals surface area contributed by atoms with Crippen LogP contribution in [-0.4, -0.2) is 66.1 Å². The Bertz CT molecular complexity index is 1190. The molecule has 0 saturated heterocycles. The molecule has 0 unspecified atom stereocenters. The van der Waals surface area contributed by atoms with Gasteiger partial charge >= 0.3 is 5.97 Å². The first-order chi connectivity index (χ1) is 18.2. The minimum Gasteiger partial charge on any atom is -0.463 e. The number of hydrogen-bond donors (Lipinski definition) is 2. The van der Waals surface area contributed by atoms with Crippen molar-refractivity contribution in [1.29, 1.82) is 0 Å². The molecule has 8 nitrogen and oxygen atoms in total. The summed E-state index contributed by atoms with van der Waals surface area (Å²) in [4.78, 5) is 41.4. The molecular formula is C31H48N4O4. The van der Waals surface area contributed by atoms with Gasteiger partial charge in [0.1, 0.15) is 6.04 Å². The maximum Gasteiger partial charge on any atom is 0.333 e. The Kier molecular flexibility index (Phi) is 10.9. The Morgan fingerprint density at radius 3 is 2.26 bits per heavy atom. The van der Waals surface area contributed by atoms with Gasteiger partial charge in [-0.05, 0) is 44.4 Å². The quantitative estimate of drug-likeness (QED) is 0.311. The summed E-state index contributed by atoms with van der Waals surface area (Å²) < 4.78 is 7.20. The van der Waals surface area contributed by atoms with E-state index in [0.29, 0.717) is 5.57 Å². The molecule has 0 aliphatic heterocycles. The molecule has 1 aromatic heterocycles. The summed E-state index contributed by atoms with van der Waals surface area (Å²) in [5.41, 5.74) is 2.03. The molecule has 0 spiro atoms. The van der Waals surface area contributed by atoms with Crippen LogP contribution in [0.1, 0.15) is 61.0 Å². The molecule has 0 saturated carbocycles. The third-order valence-electron chi connectivity index (χ3n) is 7.59. The van der Waals surface area contributed by atoms with Gasteiger partial charge in [0.15, 0.2) is 0 Å². The summed E-state index contributed by atoms with van der Waals surface area (Å²) in [5.74, 6) is -0.949. The van der Waals surface area contributed by atoms with Gasteiger partial charge in [-0.3, -0.25) is 9.59 Å². The zero-order valence-corrected chi connectivity index (χ0v) is 25.6. The van der Waals surface area contributed by atoms with E-state index in [4.69, 9.17) is 4.74 Å². The van der Waals surface area contributed by atoms with Crippen LogP contribution in [0.4, 0.5) is 0 Å². The first kappa shape index (κ1) is 32.1. The molecule has 2 rings (SSSR count). The molecule has 0 bridgehead atoms. The van der Waals surface area contributed by atoms with Gasteiger partial charge in [0.25, 0.3) is 0 Å². The predicted octanol–water partition coefficient (Wildman–Crippen LogP) is 4.18. The lowest BCUT2D eigenvalue weighted by Gasteiger charge is -2.37. The second-order valence-corrected chi connectivity index (χ2v) is 11.6. The van der Waals surface area contributed by atoms with E-state index in [1.165, 1.54) is 0 Å².